The van der Waals surface area contributed by atoms with E-state index < -0.39 is 0 Å². The van der Waals surface area contributed by atoms with Gasteiger partial charge < -0.3 is 15.3 Å². The fourth-order valence-corrected chi connectivity index (χ4v) is 7.00. The SMILES string of the molecule is O=C(Nc1ccc(-c2c3nc(c(-c4ccccc4)c4ccc(cc5nc(c(-c6ccccc6)c6ccc2[n-]6)C=C5)[n-]4)C=C3)cc1)c1ccc(I)cc1.[Zn+2]. The van der Waals surface area contributed by atoms with Crippen LogP contribution in [0, 0.1) is 3.57 Å². The van der Waals surface area contributed by atoms with Gasteiger partial charge in [-0.25, -0.2) is 9.97 Å². The maximum atomic E-state index is 13.0. The van der Waals surface area contributed by atoms with Crippen LogP contribution in [0.15, 0.2) is 140 Å². The zero-order valence-electron chi connectivity index (χ0n) is 28.4. The number of benzene rings is 4. The minimum atomic E-state index is -0.162. The van der Waals surface area contributed by atoms with Gasteiger partial charge in [-0.2, -0.15) is 0 Å². The fourth-order valence-electron chi connectivity index (χ4n) is 6.64. The number of hydrogen-bond acceptors (Lipinski definition) is 3. The molecular formula is C45H28IN5OZn. The van der Waals surface area contributed by atoms with E-state index >= 15 is 0 Å². The summed E-state index contributed by atoms with van der Waals surface area (Å²) in [5, 5.41) is 3.03. The Hall–Kier alpha value is -5.70. The molecule has 8 bridgehead atoms. The Morgan fingerprint density at radius 3 is 1.64 bits per heavy atom. The average molecular weight is 847 g/mol. The van der Waals surface area contributed by atoms with Crippen LogP contribution in [0.4, 0.5) is 5.69 Å². The molecule has 0 saturated heterocycles. The summed E-state index contributed by atoms with van der Waals surface area (Å²) in [6.07, 6.45) is 8.18. The van der Waals surface area contributed by atoms with Gasteiger partial charge in [0.2, 0.25) is 0 Å². The van der Waals surface area contributed by atoms with Crippen molar-refractivity contribution in [2.24, 2.45) is 0 Å². The molecule has 2 aliphatic rings. The quantitative estimate of drug-likeness (QED) is 0.138. The summed E-state index contributed by atoms with van der Waals surface area (Å²) in [5.41, 5.74) is 13.5. The molecule has 0 atom stereocenters. The second-order valence-electron chi connectivity index (χ2n) is 12.5. The van der Waals surface area contributed by atoms with Crippen LogP contribution >= 0.6 is 22.6 Å². The Morgan fingerprint density at radius 1 is 0.528 bits per heavy atom. The third kappa shape index (κ3) is 6.96. The molecule has 0 unspecified atom stereocenters. The average Bonchev–Trinajstić information content (AvgIpc) is 4.01. The Morgan fingerprint density at radius 2 is 1.04 bits per heavy atom. The van der Waals surface area contributed by atoms with Crippen molar-refractivity contribution >= 4 is 80.6 Å². The van der Waals surface area contributed by atoms with Gasteiger partial charge in [0.05, 0.1) is 22.8 Å². The van der Waals surface area contributed by atoms with Crippen molar-refractivity contribution in [3.8, 4) is 33.4 Å². The summed E-state index contributed by atoms with van der Waals surface area (Å²) in [5.74, 6) is -0.162. The number of anilines is 1. The fraction of sp³-hybridized carbons (Fsp3) is 0. The molecular weight excluding hydrogens is 819 g/mol. The third-order valence-electron chi connectivity index (χ3n) is 9.10. The van der Waals surface area contributed by atoms with Gasteiger partial charge in [-0.1, -0.05) is 103 Å². The van der Waals surface area contributed by atoms with Crippen LogP contribution in [0.5, 0.6) is 0 Å². The first kappa shape index (κ1) is 34.4. The van der Waals surface area contributed by atoms with Crippen LogP contribution in [0.1, 0.15) is 33.1 Å². The molecule has 4 aromatic carbocycles. The maximum Gasteiger partial charge on any atom is 2.00 e. The molecule has 0 saturated carbocycles. The predicted octanol–water partition coefficient (Wildman–Crippen LogP) is 10.8. The Bertz CT molecular complexity index is 2680. The molecule has 9 rings (SSSR count). The van der Waals surface area contributed by atoms with Crippen molar-refractivity contribution in [1.82, 2.24) is 19.9 Å². The number of carbonyl (C=O) groups is 1. The first-order valence-electron chi connectivity index (χ1n) is 16.9. The molecule has 2 aliphatic heterocycles. The summed E-state index contributed by atoms with van der Waals surface area (Å²) in [4.78, 5) is 33.7. The largest absolute Gasteiger partial charge is 2.00 e. The zero-order chi connectivity index (χ0) is 35.0. The standard InChI is InChI=1S/C45H29IN5O.Zn/c46-32-15-11-31(12-16-32)45(52)49-33-17-13-30(14-18-33)44-40-25-23-38(50-40)42(28-7-3-1-4-8-28)36-21-19-34(47-36)27-35-20-22-37(48-35)43(29-9-5-2-6-10-29)39-24-26-41(44)51-39;/h1-27H,(H2-,47,48,49,50,51,52);/q-1;+2/p-1. The van der Waals surface area contributed by atoms with E-state index in [1.165, 1.54) is 0 Å². The van der Waals surface area contributed by atoms with Gasteiger partial charge in [-0.15, -0.1) is 22.1 Å². The van der Waals surface area contributed by atoms with Crippen LogP contribution in [-0.4, -0.2) is 15.9 Å². The number of halogens is 1. The molecule has 248 valence electrons. The number of fused-ring (bicyclic) bond motifs is 8. The van der Waals surface area contributed by atoms with Crippen LogP contribution in [-0.2, 0) is 19.5 Å². The molecule has 0 radical (unpaired) electrons. The molecule has 0 aliphatic carbocycles. The van der Waals surface area contributed by atoms with E-state index in [9.17, 15) is 4.79 Å². The van der Waals surface area contributed by atoms with Crippen molar-refractivity contribution in [1.29, 1.82) is 0 Å². The van der Waals surface area contributed by atoms with Crippen LogP contribution in [0.25, 0.3) is 79.8 Å². The first-order valence-corrected chi connectivity index (χ1v) is 17.9. The molecule has 1 N–H and O–H groups in total. The predicted molar refractivity (Wildman–Crippen MR) is 220 cm³/mol. The van der Waals surface area contributed by atoms with Gasteiger partial charge >= 0.3 is 19.5 Å². The van der Waals surface area contributed by atoms with Gasteiger partial charge in [0.1, 0.15) is 0 Å². The number of hydrogen-bond donors (Lipinski definition) is 1. The van der Waals surface area contributed by atoms with Crippen LogP contribution in [0.2, 0.25) is 0 Å². The zero-order valence-corrected chi connectivity index (χ0v) is 33.5. The van der Waals surface area contributed by atoms with E-state index in [4.69, 9.17) is 19.9 Å². The number of amides is 1. The van der Waals surface area contributed by atoms with E-state index in [0.29, 0.717) is 11.3 Å². The summed E-state index contributed by atoms with van der Waals surface area (Å²) >= 11 is 2.23. The van der Waals surface area contributed by atoms with Gasteiger partial charge in [0.25, 0.3) is 5.91 Å². The van der Waals surface area contributed by atoms with E-state index in [1.54, 1.807) is 0 Å². The molecule has 7 aromatic rings. The first-order chi connectivity index (χ1) is 25.6. The van der Waals surface area contributed by atoms with Crippen molar-refractivity contribution < 1.29 is 24.3 Å². The number of aromatic nitrogens is 4. The molecule has 1 amide bonds. The number of nitrogens with zero attached hydrogens (tertiary/aromatic N) is 4. The van der Waals surface area contributed by atoms with Crippen molar-refractivity contribution in [3.05, 3.63) is 171 Å². The Balaban J connectivity index is 0.00000400. The minimum Gasteiger partial charge on any atom is -0.657 e. The van der Waals surface area contributed by atoms with Crippen molar-refractivity contribution in [2.75, 3.05) is 5.32 Å². The normalized spacial score (nSPS) is 11.6. The topological polar surface area (TPSA) is 83.1 Å². The van der Waals surface area contributed by atoms with Gasteiger partial charge in [0.15, 0.2) is 0 Å². The smallest absolute Gasteiger partial charge is 0.657 e. The molecule has 0 spiro atoms. The monoisotopic (exact) mass is 845 g/mol. The van der Waals surface area contributed by atoms with E-state index in [1.807, 2.05) is 115 Å². The molecule has 8 heteroatoms. The third-order valence-corrected chi connectivity index (χ3v) is 9.82. The van der Waals surface area contributed by atoms with Crippen LogP contribution in [0.3, 0.4) is 0 Å². The minimum absolute atomic E-state index is 0. The van der Waals surface area contributed by atoms with Crippen molar-refractivity contribution in [2.45, 2.75) is 0 Å². The number of nitrogens with one attached hydrogen (secondary N) is 1. The summed E-state index contributed by atoms with van der Waals surface area (Å²) in [6, 6.07) is 46.1. The molecule has 53 heavy (non-hydrogen) atoms. The molecule has 3 aromatic heterocycles. The van der Waals surface area contributed by atoms with E-state index in [-0.39, 0.29) is 25.4 Å². The molecule has 0 fully saturated rings. The van der Waals surface area contributed by atoms with Crippen molar-refractivity contribution in [3.63, 3.8) is 0 Å². The molecule has 5 heterocycles. The van der Waals surface area contributed by atoms with Gasteiger partial charge in [-0.3, -0.25) is 4.79 Å². The second kappa shape index (κ2) is 14.7. The number of carbonyl (C=O) groups excluding carboxylic acids is 1. The van der Waals surface area contributed by atoms with E-state index in [2.05, 4.69) is 76.5 Å². The summed E-state index contributed by atoms with van der Waals surface area (Å²) in [7, 11) is 0. The van der Waals surface area contributed by atoms with Crippen LogP contribution < -0.4 is 15.3 Å². The summed E-state index contributed by atoms with van der Waals surface area (Å²) in [6.45, 7) is 0. The maximum absolute atomic E-state index is 13.0. The Kier molecular flexibility index (Phi) is 9.56. The number of rotatable bonds is 5. The molecule has 6 nitrogen and oxygen atoms in total. The van der Waals surface area contributed by atoms with Gasteiger partial charge in [0, 0.05) is 14.8 Å². The second-order valence-corrected chi connectivity index (χ2v) is 13.7. The van der Waals surface area contributed by atoms with E-state index in [0.717, 1.165) is 81.8 Å². The summed E-state index contributed by atoms with van der Waals surface area (Å²) < 4.78 is 1.07. The Labute approximate surface area is 332 Å². The van der Waals surface area contributed by atoms with Gasteiger partial charge in [-0.05, 0) is 117 Å².